The molecule has 0 bridgehead atoms. The molecule has 1 aromatic heterocycles. The van der Waals surface area contributed by atoms with Gasteiger partial charge in [0.05, 0.1) is 5.69 Å². The highest BCUT2D eigenvalue weighted by Gasteiger charge is 2.61. The van der Waals surface area contributed by atoms with Crippen molar-refractivity contribution >= 4 is 11.6 Å². The fourth-order valence-electron chi connectivity index (χ4n) is 2.31. The van der Waals surface area contributed by atoms with Crippen molar-refractivity contribution in [1.82, 2.24) is 9.78 Å². The van der Waals surface area contributed by atoms with Gasteiger partial charge in [0, 0.05) is 23.9 Å². The van der Waals surface area contributed by atoms with Crippen LogP contribution in [0.5, 0.6) is 0 Å². The lowest BCUT2D eigenvalue weighted by atomic mass is 10.0. The van der Waals surface area contributed by atoms with Crippen LogP contribution in [0, 0.1) is 12.8 Å². The summed E-state index contributed by atoms with van der Waals surface area (Å²) in [6, 6.07) is 5.67. The topological polar surface area (TPSA) is 46.9 Å². The molecule has 4 nitrogen and oxygen atoms in total. The molecule has 0 unspecified atom stereocenters. The highest BCUT2D eigenvalue weighted by Crippen LogP contribution is 2.49. The van der Waals surface area contributed by atoms with Gasteiger partial charge in [-0.1, -0.05) is 6.07 Å². The Balaban J connectivity index is 1.84. The van der Waals surface area contributed by atoms with Crippen LogP contribution in [-0.4, -0.2) is 21.6 Å². The van der Waals surface area contributed by atoms with E-state index in [4.69, 9.17) is 0 Å². The number of carbonyl (C=O) groups excluding carboxylic acids is 1. The number of nitrogens with zero attached hydrogens (tertiary/aromatic N) is 2. The van der Waals surface area contributed by atoms with Gasteiger partial charge in [-0.2, -0.15) is 9.78 Å². The summed E-state index contributed by atoms with van der Waals surface area (Å²) in [5, 5.41) is 5.82. The number of hydrogen-bond donors (Lipinski definition) is 1. The first-order chi connectivity index (χ1) is 11.1. The molecular weight excluding hydrogens is 333 g/mol. The number of halogens is 5. The third kappa shape index (κ3) is 3.10. The summed E-state index contributed by atoms with van der Waals surface area (Å²) in [6.07, 6.45) is -4.34. The van der Waals surface area contributed by atoms with Crippen LogP contribution in [0.4, 0.5) is 27.6 Å². The standard InChI is InChI=1S/C15H12F5N3O/c1-8-2-3-9(21-13(24)11-7-14(11,16)17)6-10(8)12-4-5-23(22-12)15(18,19)20/h2-6,11H,7H2,1H3,(H,21,24)/t11-/m1/s1. The van der Waals surface area contributed by atoms with Crippen LogP contribution < -0.4 is 5.32 Å². The minimum atomic E-state index is -4.63. The number of rotatable bonds is 3. The molecule has 0 spiro atoms. The van der Waals surface area contributed by atoms with Crippen LogP contribution in [0.1, 0.15) is 12.0 Å². The smallest absolute Gasteiger partial charge is 0.326 e. The predicted molar refractivity (Wildman–Crippen MR) is 75.4 cm³/mol. The van der Waals surface area contributed by atoms with Gasteiger partial charge in [0.2, 0.25) is 5.91 Å². The van der Waals surface area contributed by atoms with Crippen LogP contribution in [-0.2, 0) is 11.1 Å². The Morgan fingerprint density at radius 3 is 2.54 bits per heavy atom. The molecule has 1 heterocycles. The largest absolute Gasteiger partial charge is 0.504 e. The highest BCUT2D eigenvalue weighted by molar-refractivity contribution is 5.95. The number of nitrogens with one attached hydrogen (secondary N) is 1. The average molecular weight is 345 g/mol. The van der Waals surface area contributed by atoms with Gasteiger partial charge >= 0.3 is 6.30 Å². The van der Waals surface area contributed by atoms with E-state index >= 15 is 0 Å². The molecule has 9 heteroatoms. The predicted octanol–water partition coefficient (Wildman–Crippen LogP) is 3.93. The highest BCUT2D eigenvalue weighted by atomic mass is 19.4. The quantitative estimate of drug-likeness (QED) is 0.857. The molecular formula is C15H12F5N3O. The van der Waals surface area contributed by atoms with Crippen molar-refractivity contribution in [2.24, 2.45) is 5.92 Å². The van der Waals surface area contributed by atoms with Gasteiger partial charge < -0.3 is 5.32 Å². The Morgan fingerprint density at radius 2 is 2.00 bits per heavy atom. The van der Waals surface area contributed by atoms with Crippen LogP contribution in [0.15, 0.2) is 30.5 Å². The zero-order valence-corrected chi connectivity index (χ0v) is 12.4. The minimum Gasteiger partial charge on any atom is -0.326 e. The van der Waals surface area contributed by atoms with Crippen molar-refractivity contribution in [2.45, 2.75) is 25.6 Å². The molecule has 1 saturated carbocycles. The average Bonchev–Trinajstić information content (AvgIpc) is 2.90. The van der Waals surface area contributed by atoms with Crippen LogP contribution in [0.2, 0.25) is 0 Å². The molecule has 1 aliphatic rings. The SMILES string of the molecule is Cc1ccc(NC(=O)[C@H]2CC2(F)F)cc1-c1ccn(C(F)(F)F)n1. The number of anilines is 1. The van der Waals surface area contributed by atoms with E-state index in [1.807, 2.05) is 0 Å². The number of aromatic nitrogens is 2. The third-order valence-corrected chi connectivity index (χ3v) is 3.77. The van der Waals surface area contributed by atoms with Crippen LogP contribution >= 0.6 is 0 Å². The first kappa shape index (κ1) is 16.4. The molecule has 1 fully saturated rings. The van der Waals surface area contributed by atoms with E-state index < -0.39 is 30.5 Å². The maximum Gasteiger partial charge on any atom is 0.504 e. The van der Waals surface area contributed by atoms with Crippen molar-refractivity contribution in [2.75, 3.05) is 5.32 Å². The first-order valence-electron chi connectivity index (χ1n) is 7.00. The van der Waals surface area contributed by atoms with Gasteiger partial charge in [-0.25, -0.2) is 8.78 Å². The number of benzene rings is 1. The zero-order valence-electron chi connectivity index (χ0n) is 12.4. The Kier molecular flexibility index (Phi) is 3.61. The molecule has 3 rings (SSSR count). The number of carbonyl (C=O) groups is 1. The van der Waals surface area contributed by atoms with Gasteiger partial charge in [-0.3, -0.25) is 4.79 Å². The zero-order chi connectivity index (χ0) is 17.7. The Bertz CT molecular complexity index is 797. The fourth-order valence-corrected chi connectivity index (χ4v) is 2.31. The molecule has 1 aromatic carbocycles. The molecule has 0 radical (unpaired) electrons. The number of aryl methyl sites for hydroxylation is 1. The summed E-state index contributed by atoms with van der Waals surface area (Å²) < 4.78 is 63.5. The third-order valence-electron chi connectivity index (χ3n) is 3.77. The maximum atomic E-state index is 12.9. The lowest BCUT2D eigenvalue weighted by Gasteiger charge is -2.09. The van der Waals surface area contributed by atoms with Gasteiger partial charge in [-0.05, 0) is 30.7 Å². The van der Waals surface area contributed by atoms with Crippen LogP contribution in [0.3, 0.4) is 0 Å². The Hall–Kier alpha value is -2.45. The van der Waals surface area contributed by atoms with E-state index in [2.05, 4.69) is 10.4 Å². The van der Waals surface area contributed by atoms with E-state index in [9.17, 15) is 26.7 Å². The van der Waals surface area contributed by atoms with Gasteiger partial charge in [0.1, 0.15) is 5.92 Å². The second-order valence-corrected chi connectivity index (χ2v) is 5.65. The van der Waals surface area contributed by atoms with Crippen molar-refractivity contribution in [3.05, 3.63) is 36.0 Å². The van der Waals surface area contributed by atoms with E-state index in [0.29, 0.717) is 11.1 Å². The number of alkyl halides is 5. The summed E-state index contributed by atoms with van der Waals surface area (Å²) in [7, 11) is 0. The summed E-state index contributed by atoms with van der Waals surface area (Å²) in [6.45, 7) is 1.67. The molecule has 0 saturated heterocycles. The van der Waals surface area contributed by atoms with Crippen LogP contribution in [0.25, 0.3) is 11.3 Å². The Labute approximate surface area is 133 Å². The summed E-state index contributed by atoms with van der Waals surface area (Å²) in [5.41, 5.74) is 1.30. The van der Waals surface area contributed by atoms with Crippen molar-refractivity contribution in [3.63, 3.8) is 0 Å². The molecule has 1 amide bonds. The minimum absolute atomic E-state index is 0.0673. The lowest BCUT2D eigenvalue weighted by Crippen LogP contribution is -2.17. The van der Waals surface area contributed by atoms with Crippen molar-refractivity contribution in [3.8, 4) is 11.3 Å². The van der Waals surface area contributed by atoms with E-state index in [1.165, 1.54) is 18.2 Å². The molecule has 128 valence electrons. The van der Waals surface area contributed by atoms with Gasteiger partial charge in [0.15, 0.2) is 0 Å². The molecule has 24 heavy (non-hydrogen) atoms. The molecule has 1 aliphatic carbocycles. The summed E-state index contributed by atoms with van der Waals surface area (Å²) >= 11 is 0. The molecule has 1 atom stereocenters. The molecule has 2 aromatic rings. The van der Waals surface area contributed by atoms with E-state index in [-0.39, 0.29) is 16.1 Å². The van der Waals surface area contributed by atoms with Gasteiger partial charge in [-0.15, -0.1) is 13.2 Å². The van der Waals surface area contributed by atoms with E-state index in [0.717, 1.165) is 6.20 Å². The lowest BCUT2D eigenvalue weighted by molar-refractivity contribution is -0.212. The monoisotopic (exact) mass is 345 g/mol. The summed E-state index contributed by atoms with van der Waals surface area (Å²) in [5.74, 6) is -5.15. The maximum absolute atomic E-state index is 12.9. The molecule has 0 aliphatic heterocycles. The molecule has 1 N–H and O–H groups in total. The van der Waals surface area contributed by atoms with Gasteiger partial charge in [0.25, 0.3) is 5.92 Å². The second-order valence-electron chi connectivity index (χ2n) is 5.65. The van der Waals surface area contributed by atoms with Crippen molar-refractivity contribution in [1.29, 1.82) is 0 Å². The number of amides is 1. The fraction of sp³-hybridized carbons (Fsp3) is 0.333. The van der Waals surface area contributed by atoms with Crippen molar-refractivity contribution < 1.29 is 26.7 Å². The normalized spacial score (nSPS) is 19.2. The summed E-state index contributed by atoms with van der Waals surface area (Å²) in [4.78, 5) is 11.7. The first-order valence-corrected chi connectivity index (χ1v) is 7.00. The van der Waals surface area contributed by atoms with E-state index in [1.54, 1.807) is 13.0 Å². The Morgan fingerprint density at radius 1 is 1.33 bits per heavy atom. The number of hydrogen-bond acceptors (Lipinski definition) is 2. The second kappa shape index (κ2) is 5.29.